The number of hydrogen-bond acceptors (Lipinski definition) is 0. The smallest absolute Gasteiger partial charge is 0.0541 e. The fraction of sp³-hybridized carbons (Fsp3) is 0. The molecule has 388 valence electrons. The van der Waals surface area contributed by atoms with Crippen molar-refractivity contribution < 1.29 is 0 Å². The largest absolute Gasteiger partial charge is 0.309 e. The van der Waals surface area contributed by atoms with Gasteiger partial charge < -0.3 is 9.13 Å². The highest BCUT2D eigenvalue weighted by molar-refractivity contribution is 9.10. The Bertz CT molecular complexity index is 4810. The van der Waals surface area contributed by atoms with Gasteiger partial charge in [-0.15, -0.1) is 0 Å². The van der Waals surface area contributed by atoms with Gasteiger partial charge in [0.25, 0.3) is 0 Å². The third kappa shape index (κ3) is 9.87. The number of rotatable bonds is 9. The van der Waals surface area contributed by atoms with Gasteiger partial charge in [-0.3, -0.25) is 0 Å². The molecule has 0 saturated carbocycles. The maximum absolute atomic E-state index is 3.74. The Morgan fingerprint density at radius 1 is 0.195 bits per heavy atom. The van der Waals surface area contributed by atoms with Crippen molar-refractivity contribution in [3.05, 3.63) is 324 Å². The van der Waals surface area contributed by atoms with Crippen LogP contribution in [-0.2, 0) is 0 Å². The zero-order valence-electron chi connectivity index (χ0n) is 44.7. The summed E-state index contributed by atoms with van der Waals surface area (Å²) in [4.78, 5) is 0. The van der Waals surface area contributed by atoms with Crippen LogP contribution in [0.15, 0.2) is 324 Å². The molecular formula is C78H52Br2N2. The monoisotopic (exact) mass is 1170 g/mol. The number of fused-ring (bicyclic) bond motifs is 6. The van der Waals surface area contributed by atoms with Gasteiger partial charge in [-0.25, -0.2) is 0 Å². The van der Waals surface area contributed by atoms with Crippen molar-refractivity contribution in [2.75, 3.05) is 0 Å². The molecule has 0 aliphatic rings. The standard InChI is InChI=1S/C42H28BrN.C36H24BrN/c43-36-18-10-17-33(26-36)31-15-9-16-32(25-31)35-22-24-42-39(28-35)37-19-7-8-20-40(37)44(42)41-23-21-34(29-11-3-1-4-12-29)27-38(41)30-13-5-2-6-14-30;37-31-22-29(25-10-3-1-4-11-25)21-30(23-31)27-13-9-12-26(20-27)28-18-19-36-34(24-28)33-16-7-8-17-35(33)38(36)32-14-5-2-6-15-32/h1-28H;1-24H. The molecule has 0 spiro atoms. The molecule has 2 nitrogen and oxygen atoms in total. The van der Waals surface area contributed by atoms with E-state index in [1.54, 1.807) is 0 Å². The van der Waals surface area contributed by atoms with Crippen LogP contribution in [0.5, 0.6) is 0 Å². The van der Waals surface area contributed by atoms with Gasteiger partial charge >= 0.3 is 0 Å². The minimum atomic E-state index is 1.08. The van der Waals surface area contributed by atoms with Gasteiger partial charge in [-0.2, -0.15) is 0 Å². The molecule has 0 unspecified atom stereocenters. The van der Waals surface area contributed by atoms with Crippen LogP contribution in [-0.4, -0.2) is 9.13 Å². The first kappa shape index (κ1) is 50.6. The molecule has 0 bridgehead atoms. The average molecular weight is 1180 g/mol. The van der Waals surface area contributed by atoms with Crippen molar-refractivity contribution in [2.24, 2.45) is 0 Å². The number of aromatic nitrogens is 2. The predicted molar refractivity (Wildman–Crippen MR) is 355 cm³/mol. The Hall–Kier alpha value is -9.58. The summed E-state index contributed by atoms with van der Waals surface area (Å²) in [5.41, 5.74) is 24.1. The van der Waals surface area contributed by atoms with Gasteiger partial charge in [-0.1, -0.05) is 244 Å². The molecule has 0 aliphatic carbocycles. The van der Waals surface area contributed by atoms with Gasteiger partial charge in [0, 0.05) is 41.7 Å². The second kappa shape index (κ2) is 22.2. The van der Waals surface area contributed by atoms with E-state index in [2.05, 4.69) is 356 Å². The zero-order chi connectivity index (χ0) is 54.9. The first-order chi connectivity index (χ1) is 40.5. The quantitative estimate of drug-likeness (QED) is 0.136. The summed E-state index contributed by atoms with van der Waals surface area (Å²) in [7, 11) is 0. The lowest BCUT2D eigenvalue weighted by Crippen LogP contribution is -1.98. The third-order valence-electron chi connectivity index (χ3n) is 15.7. The van der Waals surface area contributed by atoms with E-state index in [1.807, 2.05) is 0 Å². The molecule has 2 aromatic heterocycles. The number of benzene rings is 13. The van der Waals surface area contributed by atoms with Gasteiger partial charge in [-0.05, 0) is 175 Å². The van der Waals surface area contributed by atoms with E-state index < -0.39 is 0 Å². The second-order valence-corrected chi connectivity index (χ2v) is 22.6. The molecule has 15 aromatic rings. The van der Waals surface area contributed by atoms with Crippen LogP contribution >= 0.6 is 31.9 Å². The van der Waals surface area contributed by atoms with E-state index in [0.29, 0.717) is 0 Å². The molecule has 15 rings (SSSR count). The highest BCUT2D eigenvalue weighted by Gasteiger charge is 2.19. The van der Waals surface area contributed by atoms with Gasteiger partial charge in [0.15, 0.2) is 0 Å². The van der Waals surface area contributed by atoms with Gasteiger partial charge in [0.2, 0.25) is 0 Å². The Morgan fingerprint density at radius 2 is 0.549 bits per heavy atom. The third-order valence-corrected chi connectivity index (χ3v) is 16.6. The maximum Gasteiger partial charge on any atom is 0.0541 e. The first-order valence-electron chi connectivity index (χ1n) is 27.7. The lowest BCUT2D eigenvalue weighted by molar-refractivity contribution is 1.18. The number of halogens is 2. The normalized spacial score (nSPS) is 11.3. The topological polar surface area (TPSA) is 9.86 Å². The highest BCUT2D eigenvalue weighted by Crippen LogP contribution is 2.41. The van der Waals surface area contributed by atoms with E-state index >= 15 is 0 Å². The molecule has 0 atom stereocenters. The second-order valence-electron chi connectivity index (χ2n) is 20.7. The van der Waals surface area contributed by atoms with Crippen LogP contribution < -0.4 is 0 Å². The number of nitrogens with zero attached hydrogens (tertiary/aromatic N) is 2. The van der Waals surface area contributed by atoms with E-state index in [4.69, 9.17) is 0 Å². The molecule has 4 heteroatoms. The molecule has 0 N–H and O–H groups in total. The Morgan fingerprint density at radius 3 is 1.11 bits per heavy atom. The molecule has 82 heavy (non-hydrogen) atoms. The molecule has 0 fully saturated rings. The fourth-order valence-electron chi connectivity index (χ4n) is 11.8. The van der Waals surface area contributed by atoms with Gasteiger partial charge in [0.05, 0.1) is 27.8 Å². The Labute approximate surface area is 494 Å². The minimum absolute atomic E-state index is 1.08. The van der Waals surface area contributed by atoms with E-state index in [9.17, 15) is 0 Å². The van der Waals surface area contributed by atoms with Crippen molar-refractivity contribution in [3.8, 4) is 89.3 Å². The summed E-state index contributed by atoms with van der Waals surface area (Å²) in [6.45, 7) is 0. The molecule has 2 heterocycles. The summed E-state index contributed by atoms with van der Waals surface area (Å²) in [6, 6.07) is 113. The van der Waals surface area contributed by atoms with Crippen molar-refractivity contribution >= 4 is 75.5 Å². The van der Waals surface area contributed by atoms with Crippen molar-refractivity contribution in [2.45, 2.75) is 0 Å². The Balaban J connectivity index is 0.000000148. The molecule has 13 aromatic carbocycles. The maximum atomic E-state index is 3.74. The SMILES string of the molecule is Brc1cc(-c2ccccc2)cc(-c2cccc(-c3ccc4c(c3)c3ccccc3n4-c3ccccc3)c2)c1.Brc1cccc(-c2cccc(-c3ccc4c(c3)c3ccccc3n4-c3ccc(-c4ccccc4)cc3-c3ccccc3)c2)c1. The lowest BCUT2D eigenvalue weighted by Gasteiger charge is -2.16. The summed E-state index contributed by atoms with van der Waals surface area (Å²) in [6.07, 6.45) is 0. The lowest BCUT2D eigenvalue weighted by atomic mass is 9.96. The van der Waals surface area contributed by atoms with Crippen LogP contribution in [0, 0.1) is 0 Å². The first-order valence-corrected chi connectivity index (χ1v) is 29.3. The van der Waals surface area contributed by atoms with Crippen LogP contribution in [0.25, 0.3) is 133 Å². The van der Waals surface area contributed by atoms with Crippen LogP contribution in [0.1, 0.15) is 0 Å². The van der Waals surface area contributed by atoms with Crippen LogP contribution in [0.4, 0.5) is 0 Å². The molecule has 0 aliphatic heterocycles. The molecule has 0 amide bonds. The van der Waals surface area contributed by atoms with E-state index in [-0.39, 0.29) is 0 Å². The number of para-hydroxylation sites is 3. The van der Waals surface area contributed by atoms with Gasteiger partial charge in [0.1, 0.15) is 0 Å². The molecular weight excluding hydrogens is 1120 g/mol. The summed E-state index contributed by atoms with van der Waals surface area (Å²) in [5, 5.41) is 5.03. The highest BCUT2D eigenvalue weighted by atomic mass is 79.9. The minimum Gasteiger partial charge on any atom is -0.309 e. The molecule has 0 saturated heterocycles. The average Bonchev–Trinajstić information content (AvgIpc) is 4.15. The van der Waals surface area contributed by atoms with Crippen LogP contribution in [0.2, 0.25) is 0 Å². The molecule has 0 radical (unpaired) electrons. The van der Waals surface area contributed by atoms with Crippen molar-refractivity contribution in [3.63, 3.8) is 0 Å². The zero-order valence-corrected chi connectivity index (χ0v) is 47.8. The van der Waals surface area contributed by atoms with Crippen molar-refractivity contribution in [1.29, 1.82) is 0 Å². The summed E-state index contributed by atoms with van der Waals surface area (Å²) < 4.78 is 6.96. The summed E-state index contributed by atoms with van der Waals surface area (Å²) >= 11 is 7.37. The van der Waals surface area contributed by atoms with Crippen molar-refractivity contribution in [1.82, 2.24) is 9.13 Å². The Kier molecular flexibility index (Phi) is 13.7. The van der Waals surface area contributed by atoms with E-state index in [0.717, 1.165) is 8.95 Å². The number of hydrogen-bond donors (Lipinski definition) is 0. The fourth-order valence-corrected chi connectivity index (χ4v) is 12.7. The predicted octanol–water partition coefficient (Wildman–Crippen LogP) is 22.8. The summed E-state index contributed by atoms with van der Waals surface area (Å²) in [5.74, 6) is 0. The van der Waals surface area contributed by atoms with Crippen LogP contribution in [0.3, 0.4) is 0 Å². The van der Waals surface area contributed by atoms with E-state index in [1.165, 1.54) is 133 Å².